The van der Waals surface area contributed by atoms with Crippen LogP contribution in [0, 0.1) is 0 Å². The Bertz CT molecular complexity index is 513. The summed E-state index contributed by atoms with van der Waals surface area (Å²) in [6.45, 7) is 3.50. The number of carbonyl (C=O) groups is 2. The van der Waals surface area contributed by atoms with Crippen LogP contribution >= 0.6 is 0 Å². The summed E-state index contributed by atoms with van der Waals surface area (Å²) >= 11 is 0. The fourth-order valence-electron chi connectivity index (χ4n) is 2.28. The molecule has 1 aliphatic rings. The molecule has 120 valence electrons. The first kappa shape index (κ1) is 16.5. The van der Waals surface area contributed by atoms with Crippen molar-refractivity contribution in [3.05, 3.63) is 29.8 Å². The van der Waals surface area contributed by atoms with E-state index in [1.807, 2.05) is 6.92 Å². The molecule has 6 heteroatoms. The lowest BCUT2D eigenvalue weighted by molar-refractivity contribution is -0.120. The molecule has 1 saturated heterocycles. The fourth-order valence-corrected chi connectivity index (χ4v) is 2.28. The second-order valence-electron chi connectivity index (χ2n) is 5.08. The molecule has 0 saturated carbocycles. The van der Waals surface area contributed by atoms with Crippen LogP contribution in [0.1, 0.15) is 30.1 Å². The molecule has 1 heterocycles. The first-order valence-electron chi connectivity index (χ1n) is 7.57. The standard InChI is InChI=1S/C16H22N2O4/c1-2-21-11-15(19)18-14-8-4-3-7-13(14)16(20)17-10-12-6-5-9-22-12/h3-4,7-8,12H,2,5-6,9-11H2,1H3,(H,17,20)(H,18,19)/t12-/m0/s1. The zero-order chi connectivity index (χ0) is 15.8. The molecule has 22 heavy (non-hydrogen) atoms. The first-order valence-corrected chi connectivity index (χ1v) is 7.57. The minimum atomic E-state index is -0.277. The SMILES string of the molecule is CCOCC(=O)Nc1ccccc1C(=O)NC[C@@H]1CCCO1. The molecule has 0 aromatic heterocycles. The Morgan fingerprint density at radius 3 is 2.91 bits per heavy atom. The van der Waals surface area contributed by atoms with Crippen molar-refractivity contribution in [3.8, 4) is 0 Å². The summed E-state index contributed by atoms with van der Waals surface area (Å²) in [5.74, 6) is -0.496. The summed E-state index contributed by atoms with van der Waals surface area (Å²) in [5, 5.41) is 5.55. The minimum Gasteiger partial charge on any atom is -0.376 e. The van der Waals surface area contributed by atoms with Gasteiger partial charge in [-0.2, -0.15) is 0 Å². The number of anilines is 1. The van der Waals surface area contributed by atoms with Crippen molar-refractivity contribution in [2.75, 3.05) is 31.7 Å². The Morgan fingerprint density at radius 1 is 1.36 bits per heavy atom. The topological polar surface area (TPSA) is 76.7 Å². The molecule has 1 aromatic carbocycles. The van der Waals surface area contributed by atoms with Gasteiger partial charge in [0.1, 0.15) is 6.61 Å². The fraction of sp³-hybridized carbons (Fsp3) is 0.500. The molecule has 1 fully saturated rings. The Balaban J connectivity index is 1.94. The van der Waals surface area contributed by atoms with E-state index in [1.165, 1.54) is 0 Å². The Hall–Kier alpha value is -1.92. The molecular formula is C16H22N2O4. The van der Waals surface area contributed by atoms with Crippen molar-refractivity contribution in [1.29, 1.82) is 0 Å². The summed E-state index contributed by atoms with van der Waals surface area (Å²) in [6, 6.07) is 6.91. The molecule has 0 bridgehead atoms. The molecule has 0 unspecified atom stereocenters. The van der Waals surface area contributed by atoms with Crippen LogP contribution in [0.5, 0.6) is 0 Å². The van der Waals surface area contributed by atoms with Gasteiger partial charge in [-0.15, -0.1) is 0 Å². The molecule has 0 aliphatic carbocycles. The third-order valence-electron chi connectivity index (χ3n) is 3.40. The van der Waals surface area contributed by atoms with E-state index in [4.69, 9.17) is 9.47 Å². The van der Waals surface area contributed by atoms with E-state index in [1.54, 1.807) is 24.3 Å². The molecule has 2 rings (SSSR count). The van der Waals surface area contributed by atoms with Crippen molar-refractivity contribution < 1.29 is 19.1 Å². The Morgan fingerprint density at radius 2 is 2.18 bits per heavy atom. The first-order chi connectivity index (χ1) is 10.7. The van der Waals surface area contributed by atoms with Crippen LogP contribution < -0.4 is 10.6 Å². The summed E-state index contributed by atoms with van der Waals surface area (Å²) in [5.41, 5.74) is 0.919. The number of hydrogen-bond donors (Lipinski definition) is 2. The molecule has 6 nitrogen and oxygen atoms in total. The van der Waals surface area contributed by atoms with Gasteiger partial charge in [-0.3, -0.25) is 9.59 Å². The number of nitrogens with one attached hydrogen (secondary N) is 2. The van der Waals surface area contributed by atoms with E-state index < -0.39 is 0 Å². The van der Waals surface area contributed by atoms with Crippen molar-refractivity contribution in [2.24, 2.45) is 0 Å². The van der Waals surface area contributed by atoms with Crippen molar-refractivity contribution in [1.82, 2.24) is 5.32 Å². The Kier molecular flexibility index (Phi) is 6.36. The lowest BCUT2D eigenvalue weighted by Gasteiger charge is -2.13. The van der Waals surface area contributed by atoms with Crippen LogP contribution in [0.4, 0.5) is 5.69 Å². The van der Waals surface area contributed by atoms with Crippen LogP contribution in [0.3, 0.4) is 0 Å². The van der Waals surface area contributed by atoms with Crippen molar-refractivity contribution in [2.45, 2.75) is 25.9 Å². The maximum atomic E-state index is 12.3. The molecule has 1 aliphatic heterocycles. The predicted octanol–water partition coefficient (Wildman–Crippen LogP) is 1.57. The predicted molar refractivity (Wildman–Crippen MR) is 82.9 cm³/mol. The second kappa shape index (κ2) is 8.51. The quantitative estimate of drug-likeness (QED) is 0.801. The van der Waals surface area contributed by atoms with Gasteiger partial charge in [0.15, 0.2) is 0 Å². The van der Waals surface area contributed by atoms with Crippen LogP contribution in [-0.2, 0) is 14.3 Å². The number of carbonyl (C=O) groups excluding carboxylic acids is 2. The summed E-state index contributed by atoms with van der Waals surface area (Å²) in [7, 11) is 0. The van der Waals surface area contributed by atoms with Gasteiger partial charge in [-0.25, -0.2) is 0 Å². The van der Waals surface area contributed by atoms with Crippen molar-refractivity contribution >= 4 is 17.5 Å². The lowest BCUT2D eigenvalue weighted by Crippen LogP contribution is -2.32. The Labute approximate surface area is 130 Å². The zero-order valence-corrected chi connectivity index (χ0v) is 12.8. The van der Waals surface area contributed by atoms with Crippen LogP contribution in [0.2, 0.25) is 0 Å². The molecule has 2 N–H and O–H groups in total. The monoisotopic (exact) mass is 306 g/mol. The van der Waals surface area contributed by atoms with Gasteiger partial charge in [0.2, 0.25) is 5.91 Å². The lowest BCUT2D eigenvalue weighted by atomic mass is 10.1. The number of para-hydroxylation sites is 1. The maximum Gasteiger partial charge on any atom is 0.253 e. The molecular weight excluding hydrogens is 284 g/mol. The second-order valence-corrected chi connectivity index (χ2v) is 5.08. The van der Waals surface area contributed by atoms with E-state index >= 15 is 0 Å². The van der Waals surface area contributed by atoms with Crippen LogP contribution in [0.15, 0.2) is 24.3 Å². The smallest absolute Gasteiger partial charge is 0.253 e. The molecule has 0 radical (unpaired) electrons. The third kappa shape index (κ3) is 4.82. The van der Waals surface area contributed by atoms with Gasteiger partial charge in [-0.1, -0.05) is 12.1 Å². The summed E-state index contributed by atoms with van der Waals surface area (Å²) < 4.78 is 10.5. The molecule has 0 spiro atoms. The van der Waals surface area contributed by atoms with E-state index in [2.05, 4.69) is 10.6 Å². The molecule has 1 aromatic rings. The van der Waals surface area contributed by atoms with Gasteiger partial charge >= 0.3 is 0 Å². The highest BCUT2D eigenvalue weighted by Crippen LogP contribution is 2.16. The number of rotatable bonds is 7. The van der Waals surface area contributed by atoms with Gasteiger partial charge < -0.3 is 20.1 Å². The van der Waals surface area contributed by atoms with Gasteiger partial charge in [0.25, 0.3) is 5.91 Å². The summed E-state index contributed by atoms with van der Waals surface area (Å²) in [6.07, 6.45) is 2.08. The van der Waals surface area contributed by atoms with E-state index in [9.17, 15) is 9.59 Å². The number of hydrogen-bond acceptors (Lipinski definition) is 4. The summed E-state index contributed by atoms with van der Waals surface area (Å²) in [4.78, 5) is 24.0. The maximum absolute atomic E-state index is 12.3. The van der Waals surface area contributed by atoms with Gasteiger partial charge in [-0.05, 0) is 31.9 Å². The van der Waals surface area contributed by atoms with E-state index in [0.29, 0.717) is 24.4 Å². The normalized spacial score (nSPS) is 17.2. The van der Waals surface area contributed by atoms with Crippen LogP contribution in [-0.4, -0.2) is 44.3 Å². The zero-order valence-electron chi connectivity index (χ0n) is 12.8. The highest BCUT2D eigenvalue weighted by atomic mass is 16.5. The van der Waals surface area contributed by atoms with Gasteiger partial charge in [0.05, 0.1) is 17.4 Å². The average molecular weight is 306 g/mol. The van der Waals surface area contributed by atoms with Crippen molar-refractivity contribution in [3.63, 3.8) is 0 Å². The molecule has 2 amide bonds. The number of ether oxygens (including phenoxy) is 2. The largest absolute Gasteiger partial charge is 0.376 e. The highest BCUT2D eigenvalue weighted by Gasteiger charge is 2.18. The average Bonchev–Trinajstić information content (AvgIpc) is 3.04. The molecule has 1 atom stereocenters. The minimum absolute atomic E-state index is 0.0254. The van der Waals surface area contributed by atoms with Crippen LogP contribution in [0.25, 0.3) is 0 Å². The van der Waals surface area contributed by atoms with E-state index in [0.717, 1.165) is 19.4 Å². The highest BCUT2D eigenvalue weighted by molar-refractivity contribution is 6.03. The van der Waals surface area contributed by atoms with Gasteiger partial charge in [0, 0.05) is 19.8 Å². The number of benzene rings is 1. The van der Waals surface area contributed by atoms with E-state index in [-0.39, 0.29) is 24.5 Å². The third-order valence-corrected chi connectivity index (χ3v) is 3.40. The number of amides is 2.